The van der Waals surface area contributed by atoms with Crippen molar-refractivity contribution >= 4 is 23.3 Å². The summed E-state index contributed by atoms with van der Waals surface area (Å²) in [6.07, 6.45) is 1.15. The summed E-state index contributed by atoms with van der Waals surface area (Å²) in [6.45, 7) is 1.86. The van der Waals surface area contributed by atoms with E-state index in [1.807, 2.05) is 13.0 Å². The molecule has 27 heavy (non-hydrogen) atoms. The summed E-state index contributed by atoms with van der Waals surface area (Å²) in [7, 11) is 0. The molecular formula is C18H17N5O4. The van der Waals surface area contributed by atoms with Crippen LogP contribution in [0.4, 0.5) is 11.4 Å². The lowest BCUT2D eigenvalue weighted by atomic mass is 10.1. The van der Waals surface area contributed by atoms with Gasteiger partial charge in [-0.25, -0.2) is 9.78 Å². The van der Waals surface area contributed by atoms with Gasteiger partial charge in [0.25, 0.3) is 5.91 Å². The Morgan fingerprint density at radius 2 is 2.04 bits per heavy atom. The molecule has 1 heterocycles. The highest BCUT2D eigenvalue weighted by Crippen LogP contribution is 2.27. The molecule has 0 saturated carbocycles. The van der Waals surface area contributed by atoms with Crippen molar-refractivity contribution in [1.82, 2.24) is 14.8 Å². The molecule has 1 atom stereocenters. The summed E-state index contributed by atoms with van der Waals surface area (Å²) in [5, 5.41) is 15.9. The molecule has 0 fully saturated rings. The van der Waals surface area contributed by atoms with Gasteiger partial charge >= 0.3 is 5.97 Å². The van der Waals surface area contributed by atoms with Crippen molar-refractivity contribution in [2.75, 3.05) is 5.32 Å². The van der Waals surface area contributed by atoms with Crippen LogP contribution >= 0.6 is 0 Å². The minimum Gasteiger partial charge on any atom is -0.477 e. The third-order valence-corrected chi connectivity index (χ3v) is 3.74. The summed E-state index contributed by atoms with van der Waals surface area (Å²) in [6, 6.07) is 11.9. The highest BCUT2D eigenvalue weighted by atomic mass is 16.5. The molecule has 4 N–H and O–H groups in total. The fraction of sp³-hybridized carbons (Fsp3) is 0.111. The van der Waals surface area contributed by atoms with Crippen LogP contribution in [0.1, 0.15) is 15.9 Å². The number of nitrogens with zero attached hydrogens (tertiary/aromatic N) is 3. The van der Waals surface area contributed by atoms with E-state index in [1.54, 1.807) is 36.4 Å². The maximum atomic E-state index is 12.7. The molecule has 9 nitrogen and oxygen atoms in total. The SMILES string of the molecule is Cc1cccc(C(=O)n2cncn2)c1Nc1cccc(OC(N)C(=O)O)c1. The molecule has 1 aromatic heterocycles. The first-order chi connectivity index (χ1) is 13.0. The molecule has 2 aromatic carbocycles. The number of benzene rings is 2. The zero-order chi connectivity index (χ0) is 19.4. The molecule has 3 aromatic rings. The van der Waals surface area contributed by atoms with Crippen molar-refractivity contribution in [1.29, 1.82) is 0 Å². The van der Waals surface area contributed by atoms with Crippen LogP contribution in [0.2, 0.25) is 0 Å². The summed E-state index contributed by atoms with van der Waals surface area (Å²) >= 11 is 0. The number of carbonyl (C=O) groups excluding carboxylic acids is 1. The number of ether oxygens (including phenoxy) is 1. The van der Waals surface area contributed by atoms with Crippen LogP contribution in [0.25, 0.3) is 0 Å². The first kappa shape index (κ1) is 18.1. The first-order valence-corrected chi connectivity index (χ1v) is 7.97. The lowest BCUT2D eigenvalue weighted by molar-refractivity contribution is -0.144. The van der Waals surface area contributed by atoms with Crippen LogP contribution in [0.3, 0.4) is 0 Å². The van der Waals surface area contributed by atoms with Gasteiger partial charge in [0.2, 0.25) is 6.23 Å². The summed E-state index contributed by atoms with van der Waals surface area (Å²) in [5.41, 5.74) is 7.84. The first-order valence-electron chi connectivity index (χ1n) is 7.97. The van der Waals surface area contributed by atoms with Crippen molar-refractivity contribution in [2.24, 2.45) is 5.73 Å². The molecule has 0 saturated heterocycles. The van der Waals surface area contributed by atoms with Crippen LogP contribution in [-0.4, -0.2) is 38.0 Å². The Kier molecular flexibility index (Phi) is 5.13. The lowest BCUT2D eigenvalue weighted by Gasteiger charge is -2.15. The molecule has 0 spiro atoms. The van der Waals surface area contributed by atoms with Gasteiger partial charge in [0.05, 0.1) is 11.3 Å². The van der Waals surface area contributed by atoms with Crippen LogP contribution in [0.15, 0.2) is 55.1 Å². The molecule has 0 amide bonds. The van der Waals surface area contributed by atoms with E-state index in [1.165, 1.54) is 12.7 Å². The van der Waals surface area contributed by atoms with E-state index in [4.69, 9.17) is 15.6 Å². The number of rotatable bonds is 6. The number of hydrogen-bond acceptors (Lipinski definition) is 7. The normalized spacial score (nSPS) is 11.6. The molecule has 0 aliphatic heterocycles. The molecule has 1 unspecified atom stereocenters. The van der Waals surface area contributed by atoms with E-state index in [-0.39, 0.29) is 11.7 Å². The third-order valence-electron chi connectivity index (χ3n) is 3.74. The number of carboxylic acids is 1. The number of aliphatic carboxylic acids is 1. The number of hydrogen-bond donors (Lipinski definition) is 3. The minimum absolute atomic E-state index is 0.285. The number of carboxylic acid groups (broad SMARTS) is 1. The fourth-order valence-corrected chi connectivity index (χ4v) is 2.44. The number of para-hydroxylation sites is 1. The predicted molar refractivity (Wildman–Crippen MR) is 96.9 cm³/mol. The molecule has 0 radical (unpaired) electrons. The number of nitrogens with one attached hydrogen (secondary N) is 1. The maximum absolute atomic E-state index is 12.7. The summed E-state index contributed by atoms with van der Waals surface area (Å²) in [4.78, 5) is 27.3. The lowest BCUT2D eigenvalue weighted by Crippen LogP contribution is -2.35. The van der Waals surface area contributed by atoms with Gasteiger partial charge in [0.15, 0.2) is 0 Å². The van der Waals surface area contributed by atoms with E-state index in [2.05, 4.69) is 15.4 Å². The Labute approximate surface area is 154 Å². The van der Waals surface area contributed by atoms with Gasteiger partial charge < -0.3 is 15.2 Å². The Bertz CT molecular complexity index is 972. The second kappa shape index (κ2) is 7.67. The van der Waals surface area contributed by atoms with Crippen LogP contribution in [0.5, 0.6) is 5.75 Å². The van der Waals surface area contributed by atoms with Gasteiger partial charge in [-0.05, 0) is 30.7 Å². The molecule has 138 valence electrons. The smallest absolute Gasteiger partial charge is 0.360 e. The van der Waals surface area contributed by atoms with E-state index < -0.39 is 12.2 Å². The highest BCUT2D eigenvalue weighted by molar-refractivity contribution is 6.01. The second-order valence-electron chi connectivity index (χ2n) is 5.67. The fourth-order valence-electron chi connectivity index (χ4n) is 2.44. The summed E-state index contributed by atoms with van der Waals surface area (Å²) in [5.74, 6) is -1.32. The Balaban J connectivity index is 1.90. The number of carbonyl (C=O) groups is 2. The van der Waals surface area contributed by atoms with Gasteiger partial charge in [0, 0.05) is 11.8 Å². The molecular weight excluding hydrogens is 350 g/mol. The monoisotopic (exact) mass is 367 g/mol. The summed E-state index contributed by atoms with van der Waals surface area (Å²) < 4.78 is 6.31. The number of anilines is 2. The van der Waals surface area contributed by atoms with Gasteiger partial charge in [0.1, 0.15) is 18.4 Å². The molecule has 0 bridgehead atoms. The zero-order valence-electron chi connectivity index (χ0n) is 14.4. The Morgan fingerprint density at radius 3 is 2.74 bits per heavy atom. The maximum Gasteiger partial charge on any atom is 0.360 e. The van der Waals surface area contributed by atoms with E-state index in [9.17, 15) is 9.59 Å². The van der Waals surface area contributed by atoms with E-state index in [0.29, 0.717) is 16.9 Å². The number of aromatic nitrogens is 3. The van der Waals surface area contributed by atoms with Gasteiger partial charge in [-0.15, -0.1) is 0 Å². The topological polar surface area (TPSA) is 132 Å². The quantitative estimate of drug-likeness (QED) is 0.562. The zero-order valence-corrected chi connectivity index (χ0v) is 14.4. The highest BCUT2D eigenvalue weighted by Gasteiger charge is 2.17. The average Bonchev–Trinajstić information content (AvgIpc) is 3.18. The third kappa shape index (κ3) is 4.10. The van der Waals surface area contributed by atoms with Gasteiger partial charge in [-0.1, -0.05) is 18.2 Å². The van der Waals surface area contributed by atoms with Crippen molar-refractivity contribution in [3.8, 4) is 5.75 Å². The average molecular weight is 367 g/mol. The van der Waals surface area contributed by atoms with Crippen molar-refractivity contribution in [3.63, 3.8) is 0 Å². The van der Waals surface area contributed by atoms with E-state index in [0.717, 1.165) is 10.2 Å². The van der Waals surface area contributed by atoms with Gasteiger partial charge in [-0.3, -0.25) is 10.5 Å². The Morgan fingerprint density at radius 1 is 1.26 bits per heavy atom. The van der Waals surface area contributed by atoms with Gasteiger partial charge in [-0.2, -0.15) is 9.78 Å². The largest absolute Gasteiger partial charge is 0.477 e. The molecule has 0 aliphatic rings. The van der Waals surface area contributed by atoms with Crippen LogP contribution < -0.4 is 15.8 Å². The minimum atomic E-state index is -1.47. The molecule has 3 rings (SSSR count). The van der Waals surface area contributed by atoms with Crippen LogP contribution in [0, 0.1) is 6.92 Å². The Hall–Kier alpha value is -3.72. The standard InChI is InChI=1S/C18H17N5O4/c1-11-4-2-7-14(17(24)23-10-20-9-21-23)15(11)22-12-5-3-6-13(8-12)27-16(19)18(25)26/h2-10,16,22H,19H2,1H3,(H,25,26). The number of nitrogens with two attached hydrogens (primary N) is 1. The van der Waals surface area contributed by atoms with Crippen molar-refractivity contribution in [3.05, 3.63) is 66.2 Å². The molecule has 9 heteroatoms. The molecule has 0 aliphatic carbocycles. The predicted octanol–water partition coefficient (Wildman–Crippen LogP) is 1.77. The second-order valence-corrected chi connectivity index (χ2v) is 5.67. The van der Waals surface area contributed by atoms with Crippen LogP contribution in [-0.2, 0) is 4.79 Å². The van der Waals surface area contributed by atoms with E-state index >= 15 is 0 Å². The van der Waals surface area contributed by atoms with Crippen molar-refractivity contribution < 1.29 is 19.4 Å². The number of aryl methyl sites for hydroxylation is 1. The van der Waals surface area contributed by atoms with Crippen molar-refractivity contribution in [2.45, 2.75) is 13.2 Å².